The van der Waals surface area contributed by atoms with Crippen LogP contribution in [-0.2, 0) is 4.79 Å². The first-order valence-electron chi connectivity index (χ1n) is 8.63. The molecule has 2 rings (SSSR count). The van der Waals surface area contributed by atoms with E-state index in [1.807, 2.05) is 20.8 Å². The number of nitrogens with zero attached hydrogens (tertiary/aromatic N) is 2. The Hall–Kier alpha value is -1.50. The van der Waals surface area contributed by atoms with Gasteiger partial charge >= 0.3 is 6.03 Å². The molecule has 0 radical (unpaired) electrons. The number of hydrogen-bond acceptors (Lipinski definition) is 4. The Morgan fingerprint density at radius 3 is 2.42 bits per heavy atom. The number of imidazole rings is 1. The molecule has 0 aliphatic heterocycles. The average molecular weight is 353 g/mol. The molecule has 1 aromatic rings. The van der Waals surface area contributed by atoms with E-state index in [4.69, 9.17) is 10.7 Å². The van der Waals surface area contributed by atoms with E-state index in [-0.39, 0.29) is 11.8 Å². The third kappa shape index (κ3) is 4.32. The summed E-state index contributed by atoms with van der Waals surface area (Å²) < 4.78 is 2.30. The highest BCUT2D eigenvalue weighted by Gasteiger charge is 2.29. The lowest BCUT2D eigenvalue weighted by Gasteiger charge is -2.27. The number of aromatic nitrogens is 2. The van der Waals surface area contributed by atoms with Gasteiger partial charge in [0.25, 0.3) is 0 Å². The number of nitrogens with two attached hydrogens (primary N) is 1. The van der Waals surface area contributed by atoms with E-state index in [0.29, 0.717) is 6.04 Å². The minimum absolute atomic E-state index is 0.0615. The van der Waals surface area contributed by atoms with Gasteiger partial charge in [-0.1, -0.05) is 44.9 Å². The smallest absolute Gasteiger partial charge is 0.318 e. The third-order valence-corrected chi connectivity index (χ3v) is 6.15. The van der Waals surface area contributed by atoms with Crippen molar-refractivity contribution in [2.75, 3.05) is 0 Å². The van der Waals surface area contributed by atoms with Crippen LogP contribution in [-0.4, -0.2) is 26.7 Å². The topological polar surface area (TPSA) is 90.0 Å². The molecule has 3 N–H and O–H groups in total. The van der Waals surface area contributed by atoms with Gasteiger partial charge in [-0.25, -0.2) is 9.78 Å². The van der Waals surface area contributed by atoms with E-state index in [1.165, 1.54) is 36.7 Å². The first-order valence-corrected chi connectivity index (χ1v) is 9.51. The van der Waals surface area contributed by atoms with E-state index in [0.717, 1.165) is 23.7 Å². The summed E-state index contributed by atoms with van der Waals surface area (Å²) in [6.07, 6.45) is 6.08. The van der Waals surface area contributed by atoms with Gasteiger partial charge < -0.3 is 10.3 Å². The van der Waals surface area contributed by atoms with Gasteiger partial charge in [-0.3, -0.25) is 10.1 Å². The normalized spacial score (nSPS) is 17.0. The minimum atomic E-state index is -0.811. The Bertz CT molecular complexity index is 606. The van der Waals surface area contributed by atoms with Gasteiger partial charge in [0.2, 0.25) is 5.91 Å². The van der Waals surface area contributed by atoms with Crippen molar-refractivity contribution in [3.63, 3.8) is 0 Å². The van der Waals surface area contributed by atoms with Crippen LogP contribution in [0.3, 0.4) is 0 Å². The fourth-order valence-corrected chi connectivity index (χ4v) is 4.50. The Balaban J connectivity index is 2.28. The molecule has 0 aromatic carbocycles. The van der Waals surface area contributed by atoms with Gasteiger partial charge in [0.15, 0.2) is 5.16 Å². The molecule has 0 unspecified atom stereocenters. The molecule has 1 saturated carbocycles. The number of nitrogens with one attached hydrogen (secondary N) is 1. The standard InChI is InChI=1S/C17H28N4O2S/c1-10(2)14(15(22)20-16(18)23)24-17-19-11(3)12(4)21(17)13-8-6-5-7-9-13/h10,13-14H,5-9H2,1-4H3,(H3,18,20,22,23)/t14-/m0/s1. The number of carbonyl (C=O) groups is 2. The highest BCUT2D eigenvalue weighted by Crippen LogP contribution is 2.36. The van der Waals surface area contributed by atoms with Crippen LogP contribution < -0.4 is 11.1 Å². The molecule has 1 aliphatic carbocycles. The van der Waals surface area contributed by atoms with Crippen molar-refractivity contribution in [3.05, 3.63) is 11.4 Å². The maximum absolute atomic E-state index is 12.3. The minimum Gasteiger partial charge on any atom is -0.351 e. The molecule has 0 saturated heterocycles. The highest BCUT2D eigenvalue weighted by molar-refractivity contribution is 8.00. The molecule has 0 bridgehead atoms. The van der Waals surface area contributed by atoms with Gasteiger partial charge in [-0.15, -0.1) is 0 Å². The second-order valence-corrected chi connectivity index (χ2v) is 7.97. The maximum Gasteiger partial charge on any atom is 0.318 e. The van der Waals surface area contributed by atoms with Crippen LogP contribution in [0.4, 0.5) is 4.79 Å². The molecular formula is C17H28N4O2S. The monoisotopic (exact) mass is 352 g/mol. The van der Waals surface area contributed by atoms with Crippen LogP contribution in [0.5, 0.6) is 0 Å². The van der Waals surface area contributed by atoms with Crippen molar-refractivity contribution in [1.29, 1.82) is 0 Å². The zero-order valence-electron chi connectivity index (χ0n) is 15.0. The summed E-state index contributed by atoms with van der Waals surface area (Å²) >= 11 is 1.43. The highest BCUT2D eigenvalue weighted by atomic mass is 32.2. The molecule has 1 atom stereocenters. The molecule has 24 heavy (non-hydrogen) atoms. The number of amides is 3. The predicted molar refractivity (Wildman–Crippen MR) is 96.0 cm³/mol. The molecule has 1 aromatic heterocycles. The Morgan fingerprint density at radius 1 is 1.25 bits per heavy atom. The summed E-state index contributed by atoms with van der Waals surface area (Å²) in [6, 6.07) is -0.358. The molecule has 7 heteroatoms. The number of primary amides is 1. The van der Waals surface area contributed by atoms with E-state index in [9.17, 15) is 9.59 Å². The largest absolute Gasteiger partial charge is 0.351 e. The summed E-state index contributed by atoms with van der Waals surface area (Å²) in [5.74, 6) is -0.289. The third-order valence-electron chi connectivity index (χ3n) is 4.64. The second-order valence-electron chi connectivity index (χ2n) is 6.86. The molecule has 3 amide bonds. The predicted octanol–water partition coefficient (Wildman–Crippen LogP) is 3.32. The fraction of sp³-hybridized carbons (Fsp3) is 0.706. The summed E-state index contributed by atoms with van der Waals surface area (Å²) in [4.78, 5) is 28.0. The SMILES string of the molecule is Cc1nc(S[C@H](C(=O)NC(N)=O)C(C)C)n(C2CCCCC2)c1C. The molecule has 1 fully saturated rings. The van der Waals surface area contributed by atoms with E-state index in [2.05, 4.69) is 16.8 Å². The van der Waals surface area contributed by atoms with Gasteiger partial charge in [-0.2, -0.15) is 0 Å². The first-order chi connectivity index (χ1) is 11.3. The number of carbonyl (C=O) groups excluding carboxylic acids is 2. The lowest BCUT2D eigenvalue weighted by molar-refractivity contribution is -0.120. The zero-order chi connectivity index (χ0) is 17.9. The molecule has 0 spiro atoms. The van der Waals surface area contributed by atoms with Crippen LogP contribution >= 0.6 is 11.8 Å². The van der Waals surface area contributed by atoms with Crippen LogP contribution in [0.2, 0.25) is 0 Å². The molecule has 1 aliphatic rings. The average Bonchev–Trinajstić information content (AvgIpc) is 2.79. The van der Waals surface area contributed by atoms with Gasteiger partial charge in [0, 0.05) is 11.7 Å². The van der Waals surface area contributed by atoms with Crippen LogP contribution in [0.25, 0.3) is 0 Å². The van der Waals surface area contributed by atoms with Crippen molar-refractivity contribution < 1.29 is 9.59 Å². The molecule has 134 valence electrons. The van der Waals surface area contributed by atoms with Gasteiger partial charge in [-0.05, 0) is 32.6 Å². The zero-order valence-corrected chi connectivity index (χ0v) is 15.8. The maximum atomic E-state index is 12.3. The van der Waals surface area contributed by atoms with E-state index < -0.39 is 11.3 Å². The number of aryl methyl sites for hydroxylation is 1. The van der Waals surface area contributed by atoms with Gasteiger partial charge in [0.05, 0.1) is 10.9 Å². The van der Waals surface area contributed by atoms with E-state index >= 15 is 0 Å². The van der Waals surface area contributed by atoms with Gasteiger partial charge in [0.1, 0.15) is 0 Å². The van der Waals surface area contributed by atoms with Crippen molar-refractivity contribution in [1.82, 2.24) is 14.9 Å². The summed E-state index contributed by atoms with van der Waals surface area (Å²) in [6.45, 7) is 8.03. The summed E-state index contributed by atoms with van der Waals surface area (Å²) in [5, 5.41) is 2.68. The summed E-state index contributed by atoms with van der Waals surface area (Å²) in [7, 11) is 0. The van der Waals surface area contributed by atoms with Crippen molar-refractivity contribution >= 4 is 23.7 Å². The number of hydrogen-bond donors (Lipinski definition) is 2. The Labute approximate surface area is 148 Å². The van der Waals surface area contributed by atoms with Crippen molar-refractivity contribution in [2.45, 2.75) is 76.2 Å². The van der Waals surface area contributed by atoms with E-state index in [1.54, 1.807) is 0 Å². The second kappa shape index (κ2) is 8.05. The Kier molecular flexibility index (Phi) is 6.32. The Morgan fingerprint density at radius 2 is 1.88 bits per heavy atom. The van der Waals surface area contributed by atoms with Crippen LogP contribution in [0, 0.1) is 19.8 Å². The van der Waals surface area contributed by atoms with Crippen molar-refractivity contribution in [2.24, 2.45) is 11.7 Å². The molecular weight excluding hydrogens is 324 g/mol. The fourth-order valence-electron chi connectivity index (χ4n) is 3.25. The molecule has 1 heterocycles. The number of thioether (sulfide) groups is 1. The lowest BCUT2D eigenvalue weighted by atomic mass is 9.95. The first kappa shape index (κ1) is 18.8. The van der Waals surface area contributed by atoms with Crippen LogP contribution in [0.1, 0.15) is 63.4 Å². The lowest BCUT2D eigenvalue weighted by Crippen LogP contribution is -2.42. The quantitative estimate of drug-likeness (QED) is 0.796. The molecule has 6 nitrogen and oxygen atoms in total. The number of rotatable bonds is 5. The van der Waals surface area contributed by atoms with Crippen molar-refractivity contribution in [3.8, 4) is 0 Å². The number of imide groups is 1. The number of urea groups is 1. The van der Waals surface area contributed by atoms with Crippen LogP contribution in [0.15, 0.2) is 5.16 Å². The summed E-state index contributed by atoms with van der Waals surface area (Å²) in [5.41, 5.74) is 7.27.